The van der Waals surface area contributed by atoms with E-state index < -0.39 is 0 Å². The summed E-state index contributed by atoms with van der Waals surface area (Å²) in [5, 5.41) is 0. The Kier molecular flexibility index (Phi) is 3.41. The number of nitrogens with zero attached hydrogens (tertiary/aromatic N) is 3. The lowest BCUT2D eigenvalue weighted by Crippen LogP contribution is -2.18. The molecular formula is C13H15FN4. The molecule has 2 aromatic rings. The fourth-order valence-corrected chi connectivity index (χ4v) is 1.83. The molecule has 0 aliphatic carbocycles. The monoisotopic (exact) mass is 246 g/mol. The van der Waals surface area contributed by atoms with Gasteiger partial charge >= 0.3 is 0 Å². The van der Waals surface area contributed by atoms with E-state index in [-0.39, 0.29) is 11.8 Å². The molecule has 0 amide bonds. The van der Waals surface area contributed by atoms with Crippen molar-refractivity contribution in [2.24, 2.45) is 0 Å². The van der Waals surface area contributed by atoms with Gasteiger partial charge in [0.25, 0.3) is 0 Å². The molecule has 1 aromatic carbocycles. The van der Waals surface area contributed by atoms with E-state index in [2.05, 4.69) is 9.97 Å². The van der Waals surface area contributed by atoms with Crippen LogP contribution in [0.4, 0.5) is 21.8 Å². The van der Waals surface area contributed by atoms with Crippen molar-refractivity contribution in [2.75, 3.05) is 17.2 Å². The summed E-state index contributed by atoms with van der Waals surface area (Å²) in [6, 6.07) is 8.21. The number of rotatable bonds is 3. The Morgan fingerprint density at radius 1 is 1.28 bits per heavy atom. The minimum absolute atomic E-state index is 0.222. The van der Waals surface area contributed by atoms with Crippen molar-refractivity contribution in [3.8, 4) is 0 Å². The van der Waals surface area contributed by atoms with Gasteiger partial charge in [-0.3, -0.25) is 0 Å². The molecule has 4 nitrogen and oxygen atoms in total. The van der Waals surface area contributed by atoms with Crippen molar-refractivity contribution in [3.63, 3.8) is 0 Å². The zero-order valence-corrected chi connectivity index (χ0v) is 10.4. The second kappa shape index (κ2) is 5.00. The molecule has 0 saturated heterocycles. The van der Waals surface area contributed by atoms with E-state index in [1.807, 2.05) is 30.9 Å². The summed E-state index contributed by atoms with van der Waals surface area (Å²) in [5.74, 6) is 0.623. The predicted octanol–water partition coefficient (Wildman–Crippen LogP) is 2.66. The molecule has 5 heteroatoms. The molecule has 0 radical (unpaired) electrons. The van der Waals surface area contributed by atoms with Crippen molar-refractivity contribution in [1.82, 2.24) is 9.97 Å². The molecule has 18 heavy (non-hydrogen) atoms. The van der Waals surface area contributed by atoms with Crippen molar-refractivity contribution >= 4 is 17.5 Å². The van der Waals surface area contributed by atoms with Crippen LogP contribution in [0.2, 0.25) is 0 Å². The number of hydrogen-bond acceptors (Lipinski definition) is 4. The van der Waals surface area contributed by atoms with Gasteiger partial charge in [0.15, 0.2) is 0 Å². The molecule has 1 aromatic heterocycles. The first-order valence-corrected chi connectivity index (χ1v) is 5.74. The first kappa shape index (κ1) is 12.3. The van der Waals surface area contributed by atoms with Crippen molar-refractivity contribution in [1.29, 1.82) is 0 Å². The first-order valence-electron chi connectivity index (χ1n) is 5.74. The standard InChI is InChI=1S/C13H15FN4/c1-3-18(11-6-4-5-10(14)8-11)12-7-9(2)16-13(15)17-12/h4-8H,3H2,1-2H3,(H2,15,16,17). The molecule has 0 bridgehead atoms. The second-order valence-corrected chi connectivity index (χ2v) is 3.95. The topological polar surface area (TPSA) is 55.0 Å². The predicted molar refractivity (Wildman–Crippen MR) is 70.3 cm³/mol. The summed E-state index contributed by atoms with van der Waals surface area (Å²) in [4.78, 5) is 10.1. The van der Waals surface area contributed by atoms with Crippen molar-refractivity contribution in [3.05, 3.63) is 41.8 Å². The Hall–Kier alpha value is -2.17. The Bertz CT molecular complexity index is 536. The summed E-state index contributed by atoms with van der Waals surface area (Å²) in [7, 11) is 0. The number of aryl methyl sites for hydroxylation is 1. The van der Waals surface area contributed by atoms with Crippen LogP contribution in [0.15, 0.2) is 30.3 Å². The van der Waals surface area contributed by atoms with Crippen LogP contribution in [0.1, 0.15) is 12.6 Å². The van der Waals surface area contributed by atoms with E-state index in [4.69, 9.17) is 5.73 Å². The SMILES string of the molecule is CCN(c1cccc(F)c1)c1cc(C)nc(N)n1. The summed E-state index contributed by atoms with van der Waals surface area (Å²) >= 11 is 0. The van der Waals surface area contributed by atoms with Gasteiger partial charge in [0.1, 0.15) is 11.6 Å². The highest BCUT2D eigenvalue weighted by Gasteiger charge is 2.10. The summed E-state index contributed by atoms with van der Waals surface area (Å²) in [5.41, 5.74) is 7.17. The van der Waals surface area contributed by atoms with Crippen molar-refractivity contribution < 1.29 is 4.39 Å². The van der Waals surface area contributed by atoms with E-state index in [9.17, 15) is 4.39 Å². The van der Waals surface area contributed by atoms with Crippen molar-refractivity contribution in [2.45, 2.75) is 13.8 Å². The fraction of sp³-hybridized carbons (Fsp3) is 0.231. The quantitative estimate of drug-likeness (QED) is 0.904. The third-order valence-electron chi connectivity index (χ3n) is 2.57. The summed E-state index contributed by atoms with van der Waals surface area (Å²) < 4.78 is 13.3. The fourth-order valence-electron chi connectivity index (χ4n) is 1.83. The van der Waals surface area contributed by atoms with Gasteiger partial charge in [0.2, 0.25) is 5.95 Å². The van der Waals surface area contributed by atoms with Crippen LogP contribution in [0.5, 0.6) is 0 Å². The Balaban J connectivity index is 2.45. The highest BCUT2D eigenvalue weighted by molar-refractivity contribution is 5.60. The van der Waals surface area contributed by atoms with Crippen LogP contribution in [-0.4, -0.2) is 16.5 Å². The van der Waals surface area contributed by atoms with Gasteiger partial charge in [0, 0.05) is 24.0 Å². The molecule has 0 saturated carbocycles. The lowest BCUT2D eigenvalue weighted by atomic mass is 10.2. The highest BCUT2D eigenvalue weighted by atomic mass is 19.1. The third-order valence-corrected chi connectivity index (χ3v) is 2.57. The minimum Gasteiger partial charge on any atom is -0.368 e. The number of benzene rings is 1. The molecule has 0 fully saturated rings. The molecule has 1 heterocycles. The Labute approximate surface area is 105 Å². The molecule has 0 unspecified atom stereocenters. The van der Waals surface area contributed by atoms with Crippen LogP contribution in [0.3, 0.4) is 0 Å². The van der Waals surface area contributed by atoms with Gasteiger partial charge < -0.3 is 10.6 Å². The van der Waals surface area contributed by atoms with E-state index in [0.717, 1.165) is 11.4 Å². The van der Waals surface area contributed by atoms with Crippen LogP contribution in [-0.2, 0) is 0 Å². The van der Waals surface area contributed by atoms with Gasteiger partial charge in [-0.15, -0.1) is 0 Å². The van der Waals surface area contributed by atoms with Crippen LogP contribution in [0, 0.1) is 12.7 Å². The van der Waals surface area contributed by atoms with Gasteiger partial charge in [-0.1, -0.05) is 6.07 Å². The van der Waals surface area contributed by atoms with E-state index in [1.54, 1.807) is 6.07 Å². The average molecular weight is 246 g/mol. The largest absolute Gasteiger partial charge is 0.368 e. The number of aromatic nitrogens is 2. The van der Waals surface area contributed by atoms with Gasteiger partial charge in [-0.2, -0.15) is 4.98 Å². The number of anilines is 3. The first-order chi connectivity index (χ1) is 8.60. The smallest absolute Gasteiger partial charge is 0.222 e. The maximum atomic E-state index is 13.3. The normalized spacial score (nSPS) is 10.4. The maximum absolute atomic E-state index is 13.3. The molecule has 0 aliphatic heterocycles. The number of nitrogens with two attached hydrogens (primary N) is 1. The van der Waals surface area contributed by atoms with Gasteiger partial charge in [-0.25, -0.2) is 9.37 Å². The minimum atomic E-state index is -0.273. The number of nitrogen functional groups attached to an aromatic ring is 1. The van der Waals surface area contributed by atoms with E-state index in [0.29, 0.717) is 12.4 Å². The molecule has 2 rings (SSSR count). The summed E-state index contributed by atoms with van der Waals surface area (Å²) in [6.07, 6.45) is 0. The zero-order valence-electron chi connectivity index (χ0n) is 10.4. The van der Waals surface area contributed by atoms with Gasteiger partial charge in [0.05, 0.1) is 0 Å². The highest BCUT2D eigenvalue weighted by Crippen LogP contribution is 2.24. The van der Waals surface area contributed by atoms with Crippen LogP contribution < -0.4 is 10.6 Å². The zero-order chi connectivity index (χ0) is 13.1. The third kappa shape index (κ3) is 2.56. The number of halogens is 1. The molecule has 0 spiro atoms. The van der Waals surface area contributed by atoms with Crippen LogP contribution >= 0.6 is 0 Å². The lowest BCUT2D eigenvalue weighted by Gasteiger charge is -2.22. The molecule has 0 aliphatic rings. The maximum Gasteiger partial charge on any atom is 0.222 e. The average Bonchev–Trinajstić information content (AvgIpc) is 2.28. The van der Waals surface area contributed by atoms with Gasteiger partial charge in [-0.05, 0) is 32.0 Å². The summed E-state index contributed by atoms with van der Waals surface area (Å²) in [6.45, 7) is 4.48. The Morgan fingerprint density at radius 3 is 2.67 bits per heavy atom. The van der Waals surface area contributed by atoms with Crippen LogP contribution in [0.25, 0.3) is 0 Å². The molecule has 94 valence electrons. The molecule has 0 atom stereocenters. The van der Waals surface area contributed by atoms with E-state index in [1.165, 1.54) is 12.1 Å². The molecule has 2 N–H and O–H groups in total. The lowest BCUT2D eigenvalue weighted by molar-refractivity contribution is 0.627. The second-order valence-electron chi connectivity index (χ2n) is 3.95. The Morgan fingerprint density at radius 2 is 2.06 bits per heavy atom. The number of hydrogen-bond donors (Lipinski definition) is 1. The molecular weight excluding hydrogens is 231 g/mol. The van der Waals surface area contributed by atoms with E-state index >= 15 is 0 Å².